The van der Waals surface area contributed by atoms with Gasteiger partial charge in [0.15, 0.2) is 5.11 Å². The summed E-state index contributed by atoms with van der Waals surface area (Å²) in [5.74, 6) is 0.410. The van der Waals surface area contributed by atoms with E-state index in [0.29, 0.717) is 17.3 Å². The fourth-order valence-electron chi connectivity index (χ4n) is 1.90. The summed E-state index contributed by atoms with van der Waals surface area (Å²) < 4.78 is 10.1. The molecule has 0 aliphatic carbocycles. The molecule has 0 radical (unpaired) electrons. The molecule has 0 saturated heterocycles. The number of ether oxygens (including phenoxy) is 2. The monoisotopic (exact) mass is 330 g/mol. The molecule has 0 bridgehead atoms. The van der Waals surface area contributed by atoms with Crippen molar-refractivity contribution in [3.05, 3.63) is 54.1 Å². The highest BCUT2D eigenvalue weighted by molar-refractivity contribution is 7.80. The van der Waals surface area contributed by atoms with Crippen molar-refractivity contribution in [2.45, 2.75) is 6.92 Å². The fraction of sp³-hybridized carbons (Fsp3) is 0.176. The van der Waals surface area contributed by atoms with Crippen LogP contribution >= 0.6 is 12.2 Å². The summed E-state index contributed by atoms with van der Waals surface area (Å²) in [5.41, 5.74) is 2.10. The van der Waals surface area contributed by atoms with Crippen LogP contribution in [0.4, 0.5) is 11.4 Å². The second kappa shape index (κ2) is 8.14. The third-order valence-corrected chi connectivity index (χ3v) is 3.19. The van der Waals surface area contributed by atoms with Crippen molar-refractivity contribution in [3.8, 4) is 5.75 Å². The molecule has 0 unspecified atom stereocenters. The molecule has 0 spiro atoms. The van der Waals surface area contributed by atoms with Crippen LogP contribution in [0.1, 0.15) is 17.3 Å². The molecule has 2 N–H and O–H groups in total. The van der Waals surface area contributed by atoms with E-state index in [2.05, 4.69) is 10.6 Å². The lowest BCUT2D eigenvalue weighted by molar-refractivity contribution is 0.0526. The number of hydrogen-bond acceptors (Lipinski definition) is 4. The van der Waals surface area contributed by atoms with Gasteiger partial charge in [-0.3, -0.25) is 0 Å². The molecule has 0 heterocycles. The summed E-state index contributed by atoms with van der Waals surface area (Å²) in [6.45, 7) is 2.13. The van der Waals surface area contributed by atoms with Crippen molar-refractivity contribution in [1.82, 2.24) is 0 Å². The Morgan fingerprint density at radius 3 is 2.43 bits per heavy atom. The number of anilines is 2. The highest BCUT2D eigenvalue weighted by Gasteiger charge is 2.06. The van der Waals surface area contributed by atoms with Gasteiger partial charge in [0.25, 0.3) is 0 Å². The van der Waals surface area contributed by atoms with Gasteiger partial charge in [0, 0.05) is 17.4 Å². The minimum Gasteiger partial charge on any atom is -0.497 e. The van der Waals surface area contributed by atoms with Crippen LogP contribution in [-0.4, -0.2) is 24.8 Å². The molecule has 0 aliphatic heterocycles. The van der Waals surface area contributed by atoms with Gasteiger partial charge in [0.05, 0.1) is 19.3 Å². The first kappa shape index (κ1) is 16.8. The minimum atomic E-state index is -0.337. The number of benzene rings is 2. The summed E-state index contributed by atoms with van der Waals surface area (Å²) in [6.07, 6.45) is 0. The summed E-state index contributed by atoms with van der Waals surface area (Å²) in [7, 11) is 1.61. The van der Waals surface area contributed by atoms with Gasteiger partial charge in [-0.25, -0.2) is 4.79 Å². The molecule has 2 aromatic rings. The highest BCUT2D eigenvalue weighted by atomic mass is 32.1. The largest absolute Gasteiger partial charge is 0.497 e. The van der Waals surface area contributed by atoms with E-state index in [1.165, 1.54) is 0 Å². The number of rotatable bonds is 5. The van der Waals surface area contributed by atoms with Crippen molar-refractivity contribution < 1.29 is 14.3 Å². The Morgan fingerprint density at radius 1 is 1.09 bits per heavy atom. The van der Waals surface area contributed by atoms with Crippen LogP contribution in [0.2, 0.25) is 0 Å². The molecule has 120 valence electrons. The first-order chi connectivity index (χ1) is 11.1. The topological polar surface area (TPSA) is 59.6 Å². The summed E-state index contributed by atoms with van der Waals surface area (Å²) in [5, 5.41) is 6.57. The molecular weight excluding hydrogens is 312 g/mol. The van der Waals surface area contributed by atoms with E-state index in [9.17, 15) is 4.79 Å². The SMILES string of the molecule is CCOC(=O)c1ccc(NC(=S)Nc2cccc(OC)c2)cc1. The predicted molar refractivity (Wildman–Crippen MR) is 95.2 cm³/mol. The Labute approximate surface area is 140 Å². The van der Waals surface area contributed by atoms with Gasteiger partial charge in [-0.1, -0.05) is 6.07 Å². The standard InChI is InChI=1S/C17H18N2O3S/c1-3-22-16(20)12-7-9-13(10-8-12)18-17(23)19-14-5-4-6-15(11-14)21-2/h4-11H,3H2,1-2H3,(H2,18,19,23). The van der Waals surface area contributed by atoms with Crippen LogP contribution in [0.5, 0.6) is 5.75 Å². The number of esters is 1. The Morgan fingerprint density at radius 2 is 1.78 bits per heavy atom. The number of carbonyl (C=O) groups is 1. The van der Waals surface area contributed by atoms with Crippen LogP contribution in [0, 0.1) is 0 Å². The van der Waals surface area contributed by atoms with E-state index < -0.39 is 0 Å². The van der Waals surface area contributed by atoms with Crippen LogP contribution in [0.3, 0.4) is 0 Å². The van der Waals surface area contributed by atoms with Crippen molar-refractivity contribution >= 4 is 34.7 Å². The molecule has 6 heteroatoms. The molecule has 23 heavy (non-hydrogen) atoms. The first-order valence-electron chi connectivity index (χ1n) is 7.11. The number of hydrogen-bond donors (Lipinski definition) is 2. The lowest BCUT2D eigenvalue weighted by Gasteiger charge is -2.11. The smallest absolute Gasteiger partial charge is 0.338 e. The number of thiocarbonyl (C=S) groups is 1. The van der Waals surface area contributed by atoms with Gasteiger partial charge < -0.3 is 20.1 Å². The van der Waals surface area contributed by atoms with Gasteiger partial charge in [-0.2, -0.15) is 0 Å². The molecule has 5 nitrogen and oxygen atoms in total. The normalized spacial score (nSPS) is 9.83. The minimum absolute atomic E-state index is 0.337. The number of nitrogens with one attached hydrogen (secondary N) is 2. The number of methoxy groups -OCH3 is 1. The van der Waals surface area contributed by atoms with Gasteiger partial charge in [-0.05, 0) is 55.5 Å². The van der Waals surface area contributed by atoms with Gasteiger partial charge >= 0.3 is 5.97 Å². The molecule has 2 rings (SSSR count). The Kier molecular flexibility index (Phi) is 5.94. The lowest BCUT2D eigenvalue weighted by Crippen LogP contribution is -2.19. The van der Waals surface area contributed by atoms with Crippen molar-refractivity contribution in [3.63, 3.8) is 0 Å². The fourth-order valence-corrected chi connectivity index (χ4v) is 2.13. The quantitative estimate of drug-likeness (QED) is 0.644. The maximum Gasteiger partial charge on any atom is 0.338 e. The molecule has 0 aliphatic rings. The molecular formula is C17H18N2O3S. The third-order valence-electron chi connectivity index (χ3n) is 2.98. The van der Waals surface area contributed by atoms with Crippen molar-refractivity contribution in [1.29, 1.82) is 0 Å². The van der Waals surface area contributed by atoms with E-state index in [4.69, 9.17) is 21.7 Å². The molecule has 0 aromatic heterocycles. The molecule has 0 amide bonds. The second-order valence-corrected chi connectivity index (χ2v) is 5.02. The van der Waals surface area contributed by atoms with Crippen LogP contribution in [-0.2, 0) is 4.74 Å². The predicted octanol–water partition coefficient (Wildman–Crippen LogP) is 3.68. The average molecular weight is 330 g/mol. The van der Waals surface area contributed by atoms with Gasteiger partial charge in [0.2, 0.25) is 0 Å². The number of carbonyl (C=O) groups excluding carboxylic acids is 1. The maximum atomic E-state index is 11.6. The molecule has 0 saturated carbocycles. The van der Waals surface area contributed by atoms with Crippen LogP contribution in [0.25, 0.3) is 0 Å². The second-order valence-electron chi connectivity index (χ2n) is 4.61. The average Bonchev–Trinajstić information content (AvgIpc) is 2.55. The molecule has 0 atom stereocenters. The van der Waals surface area contributed by atoms with Gasteiger partial charge in [0.1, 0.15) is 5.75 Å². The first-order valence-corrected chi connectivity index (χ1v) is 7.52. The zero-order valence-electron chi connectivity index (χ0n) is 13.0. The molecule has 2 aromatic carbocycles. The summed E-state index contributed by atoms with van der Waals surface area (Å²) in [4.78, 5) is 11.6. The lowest BCUT2D eigenvalue weighted by atomic mass is 10.2. The zero-order chi connectivity index (χ0) is 16.7. The van der Waals surface area contributed by atoms with E-state index in [0.717, 1.165) is 17.1 Å². The highest BCUT2D eigenvalue weighted by Crippen LogP contribution is 2.17. The zero-order valence-corrected chi connectivity index (χ0v) is 13.8. The van der Waals surface area contributed by atoms with E-state index in [-0.39, 0.29) is 5.97 Å². The van der Waals surface area contributed by atoms with Crippen molar-refractivity contribution in [2.24, 2.45) is 0 Å². The molecule has 0 fully saturated rings. The Balaban J connectivity index is 1.96. The van der Waals surface area contributed by atoms with Crippen LogP contribution < -0.4 is 15.4 Å². The maximum absolute atomic E-state index is 11.6. The summed E-state index contributed by atoms with van der Waals surface area (Å²) >= 11 is 5.27. The van der Waals surface area contributed by atoms with E-state index in [1.54, 1.807) is 38.3 Å². The Hall–Kier alpha value is -2.60. The van der Waals surface area contributed by atoms with E-state index >= 15 is 0 Å². The van der Waals surface area contributed by atoms with Crippen LogP contribution in [0.15, 0.2) is 48.5 Å². The van der Waals surface area contributed by atoms with E-state index in [1.807, 2.05) is 24.3 Å². The van der Waals surface area contributed by atoms with Crippen molar-refractivity contribution in [2.75, 3.05) is 24.4 Å². The Bertz CT molecular complexity index is 686. The third kappa shape index (κ3) is 4.96. The van der Waals surface area contributed by atoms with Gasteiger partial charge in [-0.15, -0.1) is 0 Å². The summed E-state index contributed by atoms with van der Waals surface area (Å²) in [6, 6.07) is 14.4.